The molecule has 18 heavy (non-hydrogen) atoms. The molecule has 0 spiro atoms. The van der Waals surface area contributed by atoms with Gasteiger partial charge < -0.3 is 5.32 Å². The van der Waals surface area contributed by atoms with Crippen LogP contribution in [0.4, 0.5) is 5.69 Å². The average molecular weight is 351 g/mol. The number of nitrogens with one attached hydrogen (secondary N) is 1. The van der Waals surface area contributed by atoms with Crippen molar-refractivity contribution in [3.63, 3.8) is 0 Å². The molecule has 0 aliphatic heterocycles. The standard InChI is InChI=1S/C16H18IN/c1-11-7-8-12(2)14(9-11)10-18-16-6-4-5-15(17)13(16)3/h4-9,18H,10H2,1-3H3. The third-order valence-electron chi connectivity index (χ3n) is 3.24. The second kappa shape index (κ2) is 5.74. The van der Waals surface area contributed by atoms with Crippen molar-refractivity contribution in [2.75, 3.05) is 5.32 Å². The summed E-state index contributed by atoms with van der Waals surface area (Å²) < 4.78 is 1.30. The fourth-order valence-corrected chi connectivity index (χ4v) is 2.48. The highest BCUT2D eigenvalue weighted by Crippen LogP contribution is 2.21. The van der Waals surface area contributed by atoms with Crippen LogP contribution in [0.3, 0.4) is 0 Å². The van der Waals surface area contributed by atoms with E-state index in [9.17, 15) is 0 Å². The smallest absolute Gasteiger partial charge is 0.0403 e. The fourth-order valence-electron chi connectivity index (χ4n) is 1.98. The van der Waals surface area contributed by atoms with Crippen LogP contribution in [-0.2, 0) is 6.54 Å². The van der Waals surface area contributed by atoms with Crippen molar-refractivity contribution in [2.24, 2.45) is 0 Å². The van der Waals surface area contributed by atoms with Crippen LogP contribution in [0.15, 0.2) is 36.4 Å². The van der Waals surface area contributed by atoms with E-state index in [4.69, 9.17) is 0 Å². The normalized spacial score (nSPS) is 10.4. The number of benzene rings is 2. The van der Waals surface area contributed by atoms with Gasteiger partial charge in [0.2, 0.25) is 0 Å². The van der Waals surface area contributed by atoms with Gasteiger partial charge in [-0.1, -0.05) is 29.8 Å². The topological polar surface area (TPSA) is 12.0 Å². The lowest BCUT2D eigenvalue weighted by Gasteiger charge is -2.13. The Morgan fingerprint density at radius 3 is 2.61 bits per heavy atom. The van der Waals surface area contributed by atoms with Crippen LogP contribution in [0.5, 0.6) is 0 Å². The SMILES string of the molecule is Cc1ccc(C)c(CNc2cccc(I)c2C)c1. The molecule has 0 saturated carbocycles. The summed E-state index contributed by atoms with van der Waals surface area (Å²) in [7, 11) is 0. The number of rotatable bonds is 3. The van der Waals surface area contributed by atoms with Crippen molar-refractivity contribution in [3.8, 4) is 0 Å². The Balaban J connectivity index is 2.16. The molecule has 0 bridgehead atoms. The van der Waals surface area contributed by atoms with E-state index in [1.807, 2.05) is 0 Å². The molecule has 2 rings (SSSR count). The van der Waals surface area contributed by atoms with Gasteiger partial charge in [-0.25, -0.2) is 0 Å². The van der Waals surface area contributed by atoms with Crippen LogP contribution < -0.4 is 5.32 Å². The summed E-state index contributed by atoms with van der Waals surface area (Å²) in [5, 5.41) is 3.53. The van der Waals surface area contributed by atoms with E-state index in [0.717, 1.165) is 6.54 Å². The molecule has 0 aliphatic rings. The minimum Gasteiger partial charge on any atom is -0.381 e. The molecule has 0 fully saturated rings. The predicted octanol–water partition coefficient (Wildman–Crippen LogP) is 4.83. The first-order valence-corrected chi connectivity index (χ1v) is 7.21. The summed E-state index contributed by atoms with van der Waals surface area (Å²) in [5.74, 6) is 0. The molecule has 2 aromatic carbocycles. The summed E-state index contributed by atoms with van der Waals surface area (Å²) in [6.45, 7) is 7.35. The van der Waals surface area contributed by atoms with Crippen molar-refractivity contribution >= 4 is 28.3 Å². The van der Waals surface area contributed by atoms with Gasteiger partial charge in [0.1, 0.15) is 0 Å². The van der Waals surface area contributed by atoms with Gasteiger partial charge in [-0.2, -0.15) is 0 Å². The molecule has 0 aliphatic carbocycles. The zero-order valence-electron chi connectivity index (χ0n) is 11.0. The number of hydrogen-bond donors (Lipinski definition) is 1. The van der Waals surface area contributed by atoms with Gasteiger partial charge in [0.15, 0.2) is 0 Å². The maximum Gasteiger partial charge on any atom is 0.0403 e. The monoisotopic (exact) mass is 351 g/mol. The second-order valence-electron chi connectivity index (χ2n) is 4.70. The molecule has 94 valence electrons. The van der Waals surface area contributed by atoms with Gasteiger partial charge in [0.25, 0.3) is 0 Å². The number of anilines is 1. The molecule has 1 N–H and O–H groups in total. The highest BCUT2D eigenvalue weighted by atomic mass is 127. The van der Waals surface area contributed by atoms with Crippen molar-refractivity contribution in [3.05, 3.63) is 62.2 Å². The van der Waals surface area contributed by atoms with E-state index in [-0.39, 0.29) is 0 Å². The summed E-state index contributed by atoms with van der Waals surface area (Å²) in [6.07, 6.45) is 0. The molecule has 0 atom stereocenters. The molecule has 2 heteroatoms. The number of halogens is 1. The first-order valence-electron chi connectivity index (χ1n) is 6.13. The molecule has 0 aromatic heterocycles. The van der Waals surface area contributed by atoms with E-state index in [1.54, 1.807) is 0 Å². The van der Waals surface area contributed by atoms with Crippen LogP contribution in [0, 0.1) is 24.3 Å². The molecule has 0 heterocycles. The highest BCUT2D eigenvalue weighted by molar-refractivity contribution is 14.1. The van der Waals surface area contributed by atoms with Crippen LogP contribution in [0.1, 0.15) is 22.3 Å². The van der Waals surface area contributed by atoms with Gasteiger partial charge in [-0.3, -0.25) is 0 Å². The Hall–Kier alpha value is -1.03. The molecule has 1 nitrogen and oxygen atoms in total. The Morgan fingerprint density at radius 1 is 1.06 bits per heavy atom. The van der Waals surface area contributed by atoms with Gasteiger partial charge in [-0.15, -0.1) is 0 Å². The van der Waals surface area contributed by atoms with Crippen LogP contribution in [0.25, 0.3) is 0 Å². The third-order valence-corrected chi connectivity index (χ3v) is 4.41. The minimum atomic E-state index is 0.883. The van der Waals surface area contributed by atoms with Crippen molar-refractivity contribution in [1.82, 2.24) is 0 Å². The zero-order chi connectivity index (χ0) is 13.1. The van der Waals surface area contributed by atoms with Crippen molar-refractivity contribution in [1.29, 1.82) is 0 Å². The average Bonchev–Trinajstić information content (AvgIpc) is 2.35. The fraction of sp³-hybridized carbons (Fsp3) is 0.250. The maximum absolute atomic E-state index is 3.53. The molecule has 0 saturated heterocycles. The summed E-state index contributed by atoms with van der Waals surface area (Å²) in [5.41, 5.74) is 6.58. The molecular weight excluding hydrogens is 333 g/mol. The van der Waals surface area contributed by atoms with Gasteiger partial charge >= 0.3 is 0 Å². The molecule has 0 amide bonds. The second-order valence-corrected chi connectivity index (χ2v) is 5.86. The predicted molar refractivity (Wildman–Crippen MR) is 87.1 cm³/mol. The van der Waals surface area contributed by atoms with Gasteiger partial charge in [0, 0.05) is 15.8 Å². The van der Waals surface area contributed by atoms with E-state index < -0.39 is 0 Å². The largest absolute Gasteiger partial charge is 0.381 e. The van der Waals surface area contributed by atoms with Crippen molar-refractivity contribution in [2.45, 2.75) is 27.3 Å². The number of hydrogen-bond acceptors (Lipinski definition) is 1. The van der Waals surface area contributed by atoms with E-state index in [0.29, 0.717) is 0 Å². The first-order chi connectivity index (χ1) is 8.58. The van der Waals surface area contributed by atoms with Gasteiger partial charge in [0.05, 0.1) is 0 Å². The lowest BCUT2D eigenvalue weighted by Crippen LogP contribution is -2.03. The van der Waals surface area contributed by atoms with Crippen LogP contribution in [0.2, 0.25) is 0 Å². The van der Waals surface area contributed by atoms with Crippen LogP contribution in [-0.4, -0.2) is 0 Å². The Kier molecular flexibility index (Phi) is 4.27. The zero-order valence-corrected chi connectivity index (χ0v) is 13.2. The van der Waals surface area contributed by atoms with E-state index in [2.05, 4.69) is 85.1 Å². The minimum absolute atomic E-state index is 0.883. The Bertz CT molecular complexity index is 559. The Morgan fingerprint density at radius 2 is 1.83 bits per heavy atom. The molecule has 2 aromatic rings. The quantitative estimate of drug-likeness (QED) is 0.781. The van der Waals surface area contributed by atoms with E-state index >= 15 is 0 Å². The molecular formula is C16H18IN. The molecule has 0 radical (unpaired) electrons. The first kappa shape index (κ1) is 13.4. The van der Waals surface area contributed by atoms with Gasteiger partial charge in [-0.05, 0) is 72.2 Å². The summed E-state index contributed by atoms with van der Waals surface area (Å²) in [6, 6.07) is 13.0. The molecule has 0 unspecified atom stereocenters. The van der Waals surface area contributed by atoms with Crippen molar-refractivity contribution < 1.29 is 0 Å². The van der Waals surface area contributed by atoms with Crippen LogP contribution >= 0.6 is 22.6 Å². The van der Waals surface area contributed by atoms with E-state index in [1.165, 1.54) is 31.5 Å². The number of aryl methyl sites for hydroxylation is 2. The summed E-state index contributed by atoms with van der Waals surface area (Å²) in [4.78, 5) is 0. The lowest BCUT2D eigenvalue weighted by atomic mass is 10.1. The Labute approximate surface area is 123 Å². The lowest BCUT2D eigenvalue weighted by molar-refractivity contribution is 1.10. The maximum atomic E-state index is 3.53. The highest BCUT2D eigenvalue weighted by Gasteiger charge is 2.03. The third kappa shape index (κ3) is 3.05. The summed E-state index contributed by atoms with van der Waals surface area (Å²) >= 11 is 2.38.